The number of hydrogen-bond donors (Lipinski definition) is 1. The summed E-state index contributed by atoms with van der Waals surface area (Å²) in [5, 5.41) is 7.42. The van der Waals surface area contributed by atoms with Crippen LogP contribution in [-0.4, -0.2) is 37.0 Å². The van der Waals surface area contributed by atoms with Crippen LogP contribution in [0.5, 0.6) is 0 Å². The van der Waals surface area contributed by atoms with Crippen LogP contribution >= 0.6 is 0 Å². The molecule has 3 heteroatoms. The van der Waals surface area contributed by atoms with Gasteiger partial charge in [-0.15, -0.1) is 0 Å². The van der Waals surface area contributed by atoms with Gasteiger partial charge in [0.15, 0.2) is 0 Å². The topological polar surface area (TPSA) is 36.3 Å². The van der Waals surface area contributed by atoms with Gasteiger partial charge in [-0.2, -0.15) is 0 Å². The minimum atomic E-state index is 0.529. The van der Waals surface area contributed by atoms with E-state index in [9.17, 15) is 0 Å². The lowest BCUT2D eigenvalue weighted by Crippen LogP contribution is -2.39. The lowest BCUT2D eigenvalue weighted by atomic mass is 10.1. The highest BCUT2D eigenvalue weighted by atomic mass is 16.5. The summed E-state index contributed by atoms with van der Waals surface area (Å²) in [5.74, 6) is 0.650. The Morgan fingerprint density at radius 2 is 2.00 bits per heavy atom. The van der Waals surface area contributed by atoms with Crippen molar-refractivity contribution in [3.05, 3.63) is 0 Å². The molecule has 1 fully saturated rings. The first kappa shape index (κ1) is 8.53. The van der Waals surface area contributed by atoms with Gasteiger partial charge in [-0.3, -0.25) is 5.41 Å². The first-order valence-corrected chi connectivity index (χ1v) is 4.07. The van der Waals surface area contributed by atoms with E-state index >= 15 is 0 Å². The molecule has 0 atom stereocenters. The van der Waals surface area contributed by atoms with E-state index in [-0.39, 0.29) is 0 Å². The molecule has 0 unspecified atom stereocenters. The maximum absolute atomic E-state index is 7.42. The zero-order valence-electron chi connectivity index (χ0n) is 7.26. The van der Waals surface area contributed by atoms with Gasteiger partial charge < -0.3 is 9.64 Å². The van der Waals surface area contributed by atoms with Crippen molar-refractivity contribution in [2.75, 3.05) is 20.3 Å². The Labute approximate surface area is 67.8 Å². The van der Waals surface area contributed by atoms with Crippen molar-refractivity contribution >= 4 is 5.84 Å². The molecule has 0 aromatic carbocycles. The third-order valence-corrected chi connectivity index (χ3v) is 2.27. The van der Waals surface area contributed by atoms with Gasteiger partial charge >= 0.3 is 0 Å². The van der Waals surface area contributed by atoms with Crippen molar-refractivity contribution in [3.8, 4) is 0 Å². The van der Waals surface area contributed by atoms with Crippen LogP contribution in [0, 0.1) is 5.41 Å². The maximum Gasteiger partial charge on any atom is 0.0925 e. The molecule has 0 amide bonds. The Kier molecular flexibility index (Phi) is 2.88. The molecule has 3 nitrogen and oxygen atoms in total. The zero-order valence-corrected chi connectivity index (χ0v) is 7.26. The van der Waals surface area contributed by atoms with Crippen LogP contribution < -0.4 is 0 Å². The van der Waals surface area contributed by atoms with Gasteiger partial charge in [0.1, 0.15) is 0 Å². The Balaban J connectivity index is 2.38. The molecule has 11 heavy (non-hydrogen) atoms. The number of amidine groups is 1. The minimum absolute atomic E-state index is 0.529. The monoisotopic (exact) mass is 156 g/mol. The van der Waals surface area contributed by atoms with Gasteiger partial charge in [-0.05, 0) is 19.8 Å². The van der Waals surface area contributed by atoms with E-state index in [2.05, 4.69) is 0 Å². The van der Waals surface area contributed by atoms with Crippen molar-refractivity contribution in [2.24, 2.45) is 0 Å². The standard InChI is InChI=1S/C8H16N2O/c1-7(9)10(2)8-3-5-11-6-4-8/h8-9H,3-6H2,1-2H3. The number of ether oxygens (including phenoxy) is 1. The largest absolute Gasteiger partial charge is 0.381 e. The van der Waals surface area contributed by atoms with E-state index in [1.165, 1.54) is 0 Å². The van der Waals surface area contributed by atoms with Gasteiger partial charge in [0, 0.05) is 26.3 Å². The van der Waals surface area contributed by atoms with Crippen LogP contribution in [0.4, 0.5) is 0 Å². The average Bonchev–Trinajstić information content (AvgIpc) is 2.05. The molecule has 1 aliphatic heterocycles. The molecule has 0 aromatic heterocycles. The third-order valence-electron chi connectivity index (χ3n) is 2.27. The van der Waals surface area contributed by atoms with E-state index in [0.29, 0.717) is 11.9 Å². The van der Waals surface area contributed by atoms with Crippen molar-refractivity contribution in [3.63, 3.8) is 0 Å². The normalized spacial score (nSPS) is 19.8. The van der Waals surface area contributed by atoms with Gasteiger partial charge in [0.25, 0.3) is 0 Å². The number of rotatable bonds is 1. The van der Waals surface area contributed by atoms with Crippen LogP contribution in [0.1, 0.15) is 19.8 Å². The molecule has 1 N–H and O–H groups in total. The predicted octanol–water partition coefficient (Wildman–Crippen LogP) is 1.09. The van der Waals surface area contributed by atoms with Crippen molar-refractivity contribution in [1.29, 1.82) is 5.41 Å². The van der Waals surface area contributed by atoms with E-state index in [4.69, 9.17) is 10.1 Å². The molecule has 0 spiro atoms. The highest BCUT2D eigenvalue weighted by Gasteiger charge is 2.17. The third kappa shape index (κ3) is 2.19. The summed E-state index contributed by atoms with van der Waals surface area (Å²) in [4.78, 5) is 2.03. The lowest BCUT2D eigenvalue weighted by Gasteiger charge is -2.31. The SMILES string of the molecule is CC(=N)N(C)C1CCOCC1. The summed E-state index contributed by atoms with van der Waals surface area (Å²) in [6, 6.07) is 0.529. The fourth-order valence-electron chi connectivity index (χ4n) is 1.35. The van der Waals surface area contributed by atoms with Crippen LogP contribution in [0.15, 0.2) is 0 Å². The van der Waals surface area contributed by atoms with Crippen molar-refractivity contribution in [1.82, 2.24) is 4.90 Å². The molecule has 1 aliphatic rings. The number of hydrogen-bond acceptors (Lipinski definition) is 2. The fraction of sp³-hybridized carbons (Fsp3) is 0.875. The van der Waals surface area contributed by atoms with Crippen LogP contribution in [0.3, 0.4) is 0 Å². The summed E-state index contributed by atoms with van der Waals surface area (Å²) < 4.78 is 5.23. The fourth-order valence-corrected chi connectivity index (χ4v) is 1.35. The molecule has 64 valence electrons. The Bertz CT molecular complexity index is 141. The smallest absolute Gasteiger partial charge is 0.0925 e. The molecule has 0 aliphatic carbocycles. The number of nitrogens with zero attached hydrogens (tertiary/aromatic N) is 1. The predicted molar refractivity (Wildman–Crippen MR) is 45.0 cm³/mol. The average molecular weight is 156 g/mol. The summed E-state index contributed by atoms with van der Waals surface area (Å²) in [7, 11) is 1.98. The lowest BCUT2D eigenvalue weighted by molar-refractivity contribution is 0.0602. The van der Waals surface area contributed by atoms with Crippen LogP contribution in [-0.2, 0) is 4.74 Å². The van der Waals surface area contributed by atoms with Gasteiger partial charge in [-0.1, -0.05) is 0 Å². The molecular weight excluding hydrogens is 140 g/mol. The quantitative estimate of drug-likeness (QED) is 0.456. The Hall–Kier alpha value is -0.570. The second kappa shape index (κ2) is 3.72. The highest BCUT2D eigenvalue weighted by Crippen LogP contribution is 2.12. The molecule has 0 radical (unpaired) electrons. The highest BCUT2D eigenvalue weighted by molar-refractivity contribution is 5.76. The molecular formula is C8H16N2O. The molecule has 1 heterocycles. The summed E-state index contributed by atoms with van der Waals surface area (Å²) in [5.41, 5.74) is 0. The Morgan fingerprint density at radius 1 is 1.45 bits per heavy atom. The van der Waals surface area contributed by atoms with Crippen LogP contribution in [0.25, 0.3) is 0 Å². The molecule has 0 aromatic rings. The maximum atomic E-state index is 7.42. The summed E-state index contributed by atoms with van der Waals surface area (Å²) in [6.45, 7) is 3.53. The zero-order chi connectivity index (χ0) is 8.27. The van der Waals surface area contributed by atoms with Crippen LogP contribution in [0.2, 0.25) is 0 Å². The Morgan fingerprint density at radius 3 is 2.45 bits per heavy atom. The molecule has 1 rings (SSSR count). The molecule has 0 saturated carbocycles. The van der Waals surface area contributed by atoms with Gasteiger partial charge in [0.2, 0.25) is 0 Å². The van der Waals surface area contributed by atoms with E-state index in [1.807, 2.05) is 18.9 Å². The van der Waals surface area contributed by atoms with Gasteiger partial charge in [0.05, 0.1) is 5.84 Å². The van der Waals surface area contributed by atoms with Crippen molar-refractivity contribution < 1.29 is 4.74 Å². The van der Waals surface area contributed by atoms with E-state index in [1.54, 1.807) is 0 Å². The summed E-state index contributed by atoms with van der Waals surface area (Å²) in [6.07, 6.45) is 2.12. The van der Waals surface area contributed by atoms with Crippen molar-refractivity contribution in [2.45, 2.75) is 25.8 Å². The summed E-state index contributed by atoms with van der Waals surface area (Å²) >= 11 is 0. The molecule has 1 saturated heterocycles. The first-order valence-electron chi connectivity index (χ1n) is 4.07. The van der Waals surface area contributed by atoms with E-state index in [0.717, 1.165) is 26.1 Å². The molecule has 0 bridgehead atoms. The number of nitrogens with one attached hydrogen (secondary N) is 1. The first-order chi connectivity index (χ1) is 5.22. The van der Waals surface area contributed by atoms with E-state index < -0.39 is 0 Å². The van der Waals surface area contributed by atoms with Gasteiger partial charge in [-0.25, -0.2) is 0 Å². The second-order valence-electron chi connectivity index (χ2n) is 3.04. The minimum Gasteiger partial charge on any atom is -0.381 e. The second-order valence-corrected chi connectivity index (χ2v) is 3.04.